The zero-order valence-electron chi connectivity index (χ0n) is 6.36. The molecule has 4 atom stereocenters. The minimum absolute atomic E-state index is 0.275. The Morgan fingerprint density at radius 3 is 2.64 bits per heavy atom. The minimum Gasteiger partial charge on any atom is -0.480 e. The van der Waals surface area contributed by atoms with E-state index in [4.69, 9.17) is 10.8 Å². The smallest absolute Gasteiger partial charge is 0.320 e. The van der Waals surface area contributed by atoms with Gasteiger partial charge in [0.05, 0.1) is 0 Å². The van der Waals surface area contributed by atoms with E-state index in [1.807, 2.05) is 0 Å². The van der Waals surface area contributed by atoms with Crippen molar-refractivity contribution in [2.45, 2.75) is 25.3 Å². The molecule has 4 unspecified atom stereocenters. The molecule has 3 heteroatoms. The first-order chi connectivity index (χ1) is 5.20. The molecule has 0 amide bonds. The quantitative estimate of drug-likeness (QED) is 0.608. The molecule has 3 N–H and O–H groups in total. The predicted molar refractivity (Wildman–Crippen MR) is 39.9 cm³/mol. The van der Waals surface area contributed by atoms with Crippen LogP contribution in [0.5, 0.6) is 0 Å². The topological polar surface area (TPSA) is 63.3 Å². The Hall–Kier alpha value is -0.570. The zero-order chi connectivity index (χ0) is 8.01. The molecule has 11 heavy (non-hydrogen) atoms. The molecular weight excluding hydrogens is 142 g/mol. The monoisotopic (exact) mass is 155 g/mol. The molecule has 62 valence electrons. The fraction of sp³-hybridized carbons (Fsp3) is 0.875. The van der Waals surface area contributed by atoms with E-state index in [0.29, 0.717) is 5.92 Å². The first kappa shape index (κ1) is 7.10. The van der Waals surface area contributed by atoms with Crippen LogP contribution in [-0.2, 0) is 4.79 Å². The van der Waals surface area contributed by atoms with E-state index in [1.165, 1.54) is 12.8 Å². The predicted octanol–water partition coefficient (Wildman–Crippen LogP) is 0.444. The molecule has 0 saturated heterocycles. The van der Waals surface area contributed by atoms with E-state index in [1.54, 1.807) is 0 Å². The van der Waals surface area contributed by atoms with Crippen molar-refractivity contribution in [3.8, 4) is 0 Å². The summed E-state index contributed by atoms with van der Waals surface area (Å²) in [5.74, 6) is 0.923. The second-order valence-electron chi connectivity index (χ2n) is 3.76. The van der Waals surface area contributed by atoms with Gasteiger partial charge in [-0.1, -0.05) is 0 Å². The minimum atomic E-state index is -0.831. The molecule has 2 aliphatic carbocycles. The van der Waals surface area contributed by atoms with Crippen LogP contribution in [-0.4, -0.2) is 17.1 Å². The van der Waals surface area contributed by atoms with Gasteiger partial charge in [0.2, 0.25) is 0 Å². The molecule has 0 radical (unpaired) electrons. The first-order valence-corrected chi connectivity index (χ1v) is 4.18. The van der Waals surface area contributed by atoms with Gasteiger partial charge in [-0.25, -0.2) is 0 Å². The van der Waals surface area contributed by atoms with Crippen molar-refractivity contribution in [1.82, 2.24) is 0 Å². The average Bonchev–Trinajstić information content (AvgIpc) is 2.62. The molecule has 2 fully saturated rings. The Morgan fingerprint density at radius 1 is 1.55 bits per heavy atom. The van der Waals surface area contributed by atoms with Gasteiger partial charge in [-0.15, -0.1) is 0 Å². The molecule has 0 spiro atoms. The number of hydrogen-bond acceptors (Lipinski definition) is 2. The molecular formula is C8H13NO2. The summed E-state index contributed by atoms with van der Waals surface area (Å²) in [5, 5.41) is 8.65. The maximum absolute atomic E-state index is 10.5. The highest BCUT2D eigenvalue weighted by Gasteiger charge is 2.51. The third-order valence-corrected chi connectivity index (χ3v) is 3.14. The van der Waals surface area contributed by atoms with Crippen molar-refractivity contribution >= 4 is 5.97 Å². The number of carbonyl (C=O) groups is 1. The van der Waals surface area contributed by atoms with Gasteiger partial charge in [0, 0.05) is 0 Å². The highest BCUT2D eigenvalue weighted by molar-refractivity contribution is 5.73. The summed E-state index contributed by atoms with van der Waals surface area (Å²) in [5.41, 5.74) is 5.54. The lowest BCUT2D eigenvalue weighted by Gasteiger charge is -2.15. The van der Waals surface area contributed by atoms with E-state index in [9.17, 15) is 4.79 Å². The van der Waals surface area contributed by atoms with Gasteiger partial charge in [0.25, 0.3) is 0 Å². The lowest BCUT2D eigenvalue weighted by Crippen LogP contribution is -2.38. The molecule has 3 nitrogen and oxygen atoms in total. The van der Waals surface area contributed by atoms with Crippen LogP contribution in [0, 0.1) is 17.8 Å². The Morgan fingerprint density at radius 2 is 2.27 bits per heavy atom. The number of fused-ring (bicyclic) bond motifs is 1. The molecule has 0 aromatic heterocycles. The molecule has 2 rings (SSSR count). The number of hydrogen-bond donors (Lipinski definition) is 2. The van der Waals surface area contributed by atoms with Crippen molar-refractivity contribution in [3.63, 3.8) is 0 Å². The summed E-state index contributed by atoms with van der Waals surface area (Å²) < 4.78 is 0. The van der Waals surface area contributed by atoms with Crippen LogP contribution in [0.1, 0.15) is 19.3 Å². The van der Waals surface area contributed by atoms with Crippen LogP contribution in [0.4, 0.5) is 0 Å². The average molecular weight is 155 g/mol. The van der Waals surface area contributed by atoms with Crippen LogP contribution in [0.15, 0.2) is 0 Å². The summed E-state index contributed by atoms with van der Waals surface area (Å²) in [6, 6.07) is -0.604. The van der Waals surface area contributed by atoms with E-state index in [2.05, 4.69) is 0 Å². The van der Waals surface area contributed by atoms with E-state index in [0.717, 1.165) is 12.3 Å². The highest BCUT2D eigenvalue weighted by Crippen LogP contribution is 2.56. The van der Waals surface area contributed by atoms with Crippen molar-refractivity contribution in [2.24, 2.45) is 23.5 Å². The first-order valence-electron chi connectivity index (χ1n) is 4.18. The third-order valence-electron chi connectivity index (χ3n) is 3.14. The Kier molecular flexibility index (Phi) is 1.42. The summed E-state index contributed by atoms with van der Waals surface area (Å²) in [7, 11) is 0. The lowest BCUT2D eigenvalue weighted by atomic mass is 9.95. The summed E-state index contributed by atoms with van der Waals surface area (Å²) >= 11 is 0. The second-order valence-corrected chi connectivity index (χ2v) is 3.76. The molecule has 2 aliphatic rings. The number of nitrogens with two attached hydrogens (primary N) is 1. The summed E-state index contributed by atoms with van der Waals surface area (Å²) in [4.78, 5) is 10.5. The van der Waals surface area contributed by atoms with Gasteiger partial charge >= 0.3 is 5.97 Å². The Labute approximate surface area is 65.6 Å². The fourth-order valence-electron chi connectivity index (χ4n) is 2.38. The van der Waals surface area contributed by atoms with E-state index in [-0.39, 0.29) is 5.92 Å². The second kappa shape index (κ2) is 2.21. The number of carboxylic acids is 1. The maximum Gasteiger partial charge on any atom is 0.320 e. The van der Waals surface area contributed by atoms with Crippen LogP contribution in [0.25, 0.3) is 0 Å². The van der Waals surface area contributed by atoms with Gasteiger partial charge < -0.3 is 10.8 Å². The normalized spacial score (nSPS) is 43.2. The molecule has 0 aromatic rings. The van der Waals surface area contributed by atoms with Crippen LogP contribution < -0.4 is 5.73 Å². The molecule has 0 bridgehead atoms. The van der Waals surface area contributed by atoms with Crippen molar-refractivity contribution in [3.05, 3.63) is 0 Å². The Balaban J connectivity index is 1.99. The van der Waals surface area contributed by atoms with Crippen molar-refractivity contribution in [2.75, 3.05) is 0 Å². The third kappa shape index (κ3) is 1.03. The number of aliphatic carboxylic acids is 1. The Bertz CT molecular complexity index is 193. The van der Waals surface area contributed by atoms with Crippen LogP contribution in [0.3, 0.4) is 0 Å². The summed E-state index contributed by atoms with van der Waals surface area (Å²) in [6.07, 6.45) is 3.46. The SMILES string of the molecule is NC(C(=O)O)C1CCC2CC21. The van der Waals surface area contributed by atoms with E-state index < -0.39 is 12.0 Å². The van der Waals surface area contributed by atoms with Crippen molar-refractivity contribution < 1.29 is 9.90 Å². The lowest BCUT2D eigenvalue weighted by molar-refractivity contribution is -0.140. The molecule has 0 aliphatic heterocycles. The molecule has 0 aromatic carbocycles. The van der Waals surface area contributed by atoms with Gasteiger partial charge in [-0.05, 0) is 37.0 Å². The summed E-state index contributed by atoms with van der Waals surface area (Å²) in [6.45, 7) is 0. The maximum atomic E-state index is 10.5. The molecule has 2 saturated carbocycles. The fourth-order valence-corrected chi connectivity index (χ4v) is 2.38. The largest absolute Gasteiger partial charge is 0.480 e. The van der Waals surface area contributed by atoms with Gasteiger partial charge in [0.15, 0.2) is 0 Å². The van der Waals surface area contributed by atoms with Gasteiger partial charge in [-0.3, -0.25) is 4.79 Å². The number of carboxylic acid groups (broad SMARTS) is 1. The van der Waals surface area contributed by atoms with Gasteiger partial charge in [-0.2, -0.15) is 0 Å². The zero-order valence-corrected chi connectivity index (χ0v) is 6.36. The van der Waals surface area contributed by atoms with Crippen LogP contribution in [0.2, 0.25) is 0 Å². The highest BCUT2D eigenvalue weighted by atomic mass is 16.4. The van der Waals surface area contributed by atoms with Crippen LogP contribution >= 0.6 is 0 Å². The van der Waals surface area contributed by atoms with Crippen molar-refractivity contribution in [1.29, 1.82) is 0 Å². The number of rotatable bonds is 2. The van der Waals surface area contributed by atoms with E-state index >= 15 is 0 Å². The van der Waals surface area contributed by atoms with Gasteiger partial charge in [0.1, 0.15) is 6.04 Å². The molecule has 0 heterocycles. The standard InChI is InChI=1S/C8H13NO2/c9-7(8(10)11)5-2-1-4-3-6(4)5/h4-7H,1-3,9H2,(H,10,11).